The van der Waals surface area contributed by atoms with Crippen LogP contribution in [0.4, 0.5) is 5.69 Å². The quantitative estimate of drug-likeness (QED) is 0.895. The molecule has 0 aromatic heterocycles. The Bertz CT molecular complexity index is 758. The third kappa shape index (κ3) is 3.74. The third-order valence-corrected chi connectivity index (χ3v) is 4.94. The fourth-order valence-corrected chi connectivity index (χ4v) is 3.43. The lowest BCUT2D eigenvalue weighted by Gasteiger charge is -2.26. The molecule has 1 amide bonds. The van der Waals surface area contributed by atoms with Crippen LogP contribution in [-0.4, -0.2) is 56.3 Å². The van der Waals surface area contributed by atoms with Gasteiger partial charge in [-0.15, -0.1) is 0 Å². The molecule has 2 atom stereocenters. The number of rotatable bonds is 5. The first kappa shape index (κ1) is 18.4. The van der Waals surface area contributed by atoms with Crippen molar-refractivity contribution in [2.24, 2.45) is 0 Å². The first-order valence-corrected chi connectivity index (χ1v) is 8.87. The van der Waals surface area contributed by atoms with Crippen LogP contribution in [0.3, 0.4) is 0 Å². The predicted octanol–water partition coefficient (Wildman–Crippen LogP) is 2.29. The predicted molar refractivity (Wildman–Crippen MR) is 103 cm³/mol. The van der Waals surface area contributed by atoms with E-state index < -0.39 is 6.10 Å². The zero-order valence-corrected chi connectivity index (χ0v) is 15.6. The summed E-state index contributed by atoms with van der Waals surface area (Å²) in [5.41, 5.74) is 2.92. The molecule has 0 saturated carbocycles. The first-order valence-electron chi connectivity index (χ1n) is 8.87. The number of nitrogens with zero attached hydrogens (tertiary/aromatic N) is 2. The fourth-order valence-electron chi connectivity index (χ4n) is 3.43. The van der Waals surface area contributed by atoms with Gasteiger partial charge in [0.25, 0.3) is 5.91 Å². The molecule has 1 aliphatic rings. The molecule has 138 valence electrons. The maximum atomic E-state index is 13.1. The summed E-state index contributed by atoms with van der Waals surface area (Å²) in [6.45, 7) is 1.29. The summed E-state index contributed by atoms with van der Waals surface area (Å²) in [5.74, 6) is 0.243. The zero-order valence-electron chi connectivity index (χ0n) is 15.6. The summed E-state index contributed by atoms with van der Waals surface area (Å²) in [6.07, 6.45) is -0.452. The zero-order chi connectivity index (χ0) is 18.7. The van der Waals surface area contributed by atoms with Crippen molar-refractivity contribution in [3.63, 3.8) is 0 Å². The van der Waals surface area contributed by atoms with Crippen LogP contribution in [0.25, 0.3) is 0 Å². The average Bonchev–Trinajstić information content (AvgIpc) is 2.76. The van der Waals surface area contributed by atoms with Crippen molar-refractivity contribution < 1.29 is 14.6 Å². The van der Waals surface area contributed by atoms with Gasteiger partial charge >= 0.3 is 0 Å². The monoisotopic (exact) mass is 354 g/mol. The minimum atomic E-state index is -1.07. The molecule has 0 saturated heterocycles. The first-order chi connectivity index (χ1) is 12.5. The van der Waals surface area contributed by atoms with Gasteiger partial charge in [0, 0.05) is 24.7 Å². The van der Waals surface area contributed by atoms with E-state index in [1.165, 1.54) is 0 Å². The number of fused-ring (bicyclic) bond motifs is 1. The second kappa shape index (κ2) is 7.89. The van der Waals surface area contributed by atoms with Gasteiger partial charge in [-0.2, -0.15) is 0 Å². The number of carbonyl (C=O) groups excluding carboxylic acids is 1. The second-order valence-corrected chi connectivity index (χ2v) is 6.95. The number of methoxy groups -OCH3 is 1. The van der Waals surface area contributed by atoms with Crippen molar-refractivity contribution in [1.29, 1.82) is 0 Å². The van der Waals surface area contributed by atoms with Gasteiger partial charge in [-0.3, -0.25) is 4.79 Å². The highest BCUT2D eigenvalue weighted by atomic mass is 16.5. The summed E-state index contributed by atoms with van der Waals surface area (Å²) in [5, 5.41) is 10.9. The lowest BCUT2D eigenvalue weighted by molar-refractivity contribution is -0.127. The van der Waals surface area contributed by atoms with Crippen LogP contribution in [0.1, 0.15) is 17.0 Å². The van der Waals surface area contributed by atoms with E-state index in [0.717, 1.165) is 29.1 Å². The number of hydrogen-bond acceptors (Lipinski definition) is 4. The molecule has 5 nitrogen and oxygen atoms in total. The van der Waals surface area contributed by atoms with E-state index in [0.29, 0.717) is 13.0 Å². The molecule has 1 aliphatic heterocycles. The molecule has 0 spiro atoms. The number of aliphatic hydroxyl groups is 1. The Labute approximate surface area is 154 Å². The summed E-state index contributed by atoms with van der Waals surface area (Å²) >= 11 is 0. The number of likely N-dealkylation sites (N-methyl/N-ethyl adjacent to an activating group) is 1. The molecular weight excluding hydrogens is 328 g/mol. The standard InChI is InChI=1S/C21H26N2O3/c1-22(2)12-13-23-19-7-5-4-6-16(19)14-18(20(24)21(23)25)15-8-10-17(26-3)11-9-15/h4-11,18,20,24H,12-14H2,1-3H3/t18-,20+/m1/s1. The van der Waals surface area contributed by atoms with E-state index >= 15 is 0 Å². The number of amides is 1. The van der Waals surface area contributed by atoms with Gasteiger partial charge in [-0.1, -0.05) is 30.3 Å². The number of hydrogen-bond donors (Lipinski definition) is 1. The second-order valence-electron chi connectivity index (χ2n) is 6.95. The van der Waals surface area contributed by atoms with Crippen molar-refractivity contribution in [3.05, 3.63) is 59.7 Å². The number of para-hydroxylation sites is 1. The van der Waals surface area contributed by atoms with Crippen LogP contribution >= 0.6 is 0 Å². The molecule has 0 bridgehead atoms. The molecule has 3 rings (SSSR count). The van der Waals surface area contributed by atoms with Crippen LogP contribution in [-0.2, 0) is 11.2 Å². The topological polar surface area (TPSA) is 53.0 Å². The Hall–Kier alpha value is -2.37. The van der Waals surface area contributed by atoms with Gasteiger partial charge in [0.2, 0.25) is 0 Å². The number of aliphatic hydroxyl groups excluding tert-OH is 1. The SMILES string of the molecule is COc1ccc([C@H]2Cc3ccccc3N(CCN(C)C)C(=O)[C@H]2O)cc1. The lowest BCUT2D eigenvalue weighted by Crippen LogP contribution is -2.43. The lowest BCUT2D eigenvalue weighted by atomic mass is 9.88. The molecule has 5 heteroatoms. The Morgan fingerprint density at radius 2 is 1.85 bits per heavy atom. The van der Waals surface area contributed by atoms with Gasteiger partial charge in [0.1, 0.15) is 11.9 Å². The van der Waals surface area contributed by atoms with Crippen LogP contribution < -0.4 is 9.64 Å². The van der Waals surface area contributed by atoms with E-state index in [-0.39, 0.29) is 11.8 Å². The van der Waals surface area contributed by atoms with Gasteiger partial charge in [-0.25, -0.2) is 0 Å². The molecule has 0 fully saturated rings. The van der Waals surface area contributed by atoms with Crippen LogP contribution in [0, 0.1) is 0 Å². The van der Waals surface area contributed by atoms with E-state index in [4.69, 9.17) is 4.74 Å². The minimum absolute atomic E-state index is 0.238. The van der Waals surface area contributed by atoms with Crippen LogP contribution in [0.2, 0.25) is 0 Å². The van der Waals surface area contributed by atoms with Crippen molar-refractivity contribution in [2.75, 3.05) is 39.2 Å². The molecule has 1 N–H and O–H groups in total. The maximum Gasteiger partial charge on any atom is 0.256 e. The largest absolute Gasteiger partial charge is 0.497 e. The summed E-state index contributed by atoms with van der Waals surface area (Å²) in [6, 6.07) is 15.5. The number of anilines is 1. The normalized spacial score (nSPS) is 20.0. The highest BCUT2D eigenvalue weighted by molar-refractivity contribution is 5.98. The Kier molecular flexibility index (Phi) is 5.59. The summed E-state index contributed by atoms with van der Waals surface area (Å²) in [7, 11) is 5.58. The van der Waals surface area contributed by atoms with Gasteiger partial charge in [0.15, 0.2) is 0 Å². The van der Waals surface area contributed by atoms with E-state index in [1.807, 2.05) is 67.5 Å². The highest BCUT2D eigenvalue weighted by Gasteiger charge is 2.36. The van der Waals surface area contributed by atoms with Gasteiger partial charge in [-0.05, 0) is 49.8 Å². The van der Waals surface area contributed by atoms with Crippen LogP contribution in [0.5, 0.6) is 5.75 Å². The number of carbonyl (C=O) groups is 1. The van der Waals surface area contributed by atoms with Crippen LogP contribution in [0.15, 0.2) is 48.5 Å². The van der Waals surface area contributed by atoms with Crippen molar-refractivity contribution in [1.82, 2.24) is 4.90 Å². The molecule has 1 heterocycles. The molecule has 0 aliphatic carbocycles. The van der Waals surface area contributed by atoms with Crippen molar-refractivity contribution in [2.45, 2.75) is 18.4 Å². The van der Waals surface area contributed by atoms with Crippen molar-refractivity contribution in [3.8, 4) is 5.75 Å². The Morgan fingerprint density at radius 3 is 2.50 bits per heavy atom. The van der Waals surface area contributed by atoms with Gasteiger partial charge in [0.05, 0.1) is 7.11 Å². The Morgan fingerprint density at radius 1 is 1.15 bits per heavy atom. The number of ether oxygens (including phenoxy) is 1. The molecule has 0 radical (unpaired) electrons. The molecule has 26 heavy (non-hydrogen) atoms. The minimum Gasteiger partial charge on any atom is -0.497 e. The summed E-state index contributed by atoms with van der Waals surface area (Å²) in [4.78, 5) is 16.8. The molecule has 2 aromatic carbocycles. The van der Waals surface area contributed by atoms with E-state index in [2.05, 4.69) is 0 Å². The molecule has 0 unspecified atom stereocenters. The fraction of sp³-hybridized carbons (Fsp3) is 0.381. The summed E-state index contributed by atoms with van der Waals surface area (Å²) < 4.78 is 5.21. The van der Waals surface area contributed by atoms with Gasteiger partial charge < -0.3 is 19.6 Å². The smallest absolute Gasteiger partial charge is 0.256 e. The van der Waals surface area contributed by atoms with E-state index in [1.54, 1.807) is 12.0 Å². The van der Waals surface area contributed by atoms with E-state index in [9.17, 15) is 9.90 Å². The highest BCUT2D eigenvalue weighted by Crippen LogP contribution is 2.35. The average molecular weight is 354 g/mol. The molecular formula is C21H26N2O3. The Balaban J connectivity index is 1.97. The third-order valence-electron chi connectivity index (χ3n) is 4.94. The number of benzene rings is 2. The van der Waals surface area contributed by atoms with Crippen molar-refractivity contribution >= 4 is 11.6 Å². The molecule has 2 aromatic rings. The maximum absolute atomic E-state index is 13.1.